The number of rotatable bonds is 6. The topological polar surface area (TPSA) is 63.2 Å². The Kier molecular flexibility index (Phi) is 6.01. The molecule has 0 aliphatic carbocycles. The summed E-state index contributed by atoms with van der Waals surface area (Å²) in [5.74, 6) is 0.724. The Labute approximate surface area is 148 Å². The van der Waals surface area contributed by atoms with E-state index in [1.54, 1.807) is 6.20 Å². The van der Waals surface area contributed by atoms with Crippen LogP contribution in [0.25, 0.3) is 0 Å². The van der Waals surface area contributed by atoms with E-state index >= 15 is 0 Å². The minimum atomic E-state index is -0.0730. The molecule has 0 saturated carbocycles. The molecule has 5 nitrogen and oxygen atoms in total. The summed E-state index contributed by atoms with van der Waals surface area (Å²) in [6.07, 6.45) is 4.52. The molecule has 2 unspecified atom stereocenters. The van der Waals surface area contributed by atoms with Gasteiger partial charge in [0.05, 0.1) is 11.7 Å². The maximum absolute atomic E-state index is 11.9. The largest absolute Gasteiger partial charge is 0.373 e. The molecule has 1 aliphatic rings. The Morgan fingerprint density at radius 3 is 2.80 bits per heavy atom. The van der Waals surface area contributed by atoms with Gasteiger partial charge in [-0.2, -0.15) is 0 Å². The van der Waals surface area contributed by atoms with Crippen LogP contribution >= 0.6 is 0 Å². The second kappa shape index (κ2) is 8.62. The van der Waals surface area contributed by atoms with E-state index in [2.05, 4.69) is 27.8 Å². The third-order valence-electron chi connectivity index (χ3n) is 4.37. The van der Waals surface area contributed by atoms with Gasteiger partial charge < -0.3 is 15.4 Å². The smallest absolute Gasteiger partial charge is 0.252 e. The van der Waals surface area contributed by atoms with Gasteiger partial charge in [-0.05, 0) is 37.0 Å². The summed E-state index contributed by atoms with van der Waals surface area (Å²) in [6, 6.07) is 14.3. The predicted molar refractivity (Wildman–Crippen MR) is 98.6 cm³/mol. The minimum absolute atomic E-state index is 0.0730. The van der Waals surface area contributed by atoms with Gasteiger partial charge in [0.15, 0.2) is 0 Å². The average Bonchev–Trinajstić information content (AvgIpc) is 2.67. The lowest BCUT2D eigenvalue weighted by molar-refractivity contribution is 0.00974. The minimum Gasteiger partial charge on any atom is -0.373 e. The molecule has 1 aromatic carbocycles. The lowest BCUT2D eigenvalue weighted by Crippen LogP contribution is -2.30. The number of pyridine rings is 1. The number of carbonyl (C=O) groups is 1. The highest BCUT2D eigenvalue weighted by molar-refractivity contribution is 5.94. The van der Waals surface area contributed by atoms with E-state index in [1.165, 1.54) is 5.56 Å². The molecule has 0 radical (unpaired) electrons. The van der Waals surface area contributed by atoms with E-state index in [9.17, 15) is 4.79 Å². The average molecular weight is 339 g/mol. The lowest BCUT2D eigenvalue weighted by Gasteiger charge is -2.30. The van der Waals surface area contributed by atoms with Crippen LogP contribution in [-0.4, -0.2) is 30.1 Å². The van der Waals surface area contributed by atoms with Crippen molar-refractivity contribution in [3.05, 3.63) is 59.8 Å². The van der Waals surface area contributed by atoms with Crippen LogP contribution in [0, 0.1) is 0 Å². The molecule has 2 heterocycles. The second-order valence-electron chi connectivity index (χ2n) is 6.32. The molecule has 5 heteroatoms. The van der Waals surface area contributed by atoms with E-state index < -0.39 is 0 Å². The number of nitrogens with zero attached hydrogens (tertiary/aromatic N) is 1. The maximum Gasteiger partial charge on any atom is 0.252 e. The summed E-state index contributed by atoms with van der Waals surface area (Å²) in [4.78, 5) is 16.3. The van der Waals surface area contributed by atoms with Gasteiger partial charge in [-0.25, -0.2) is 4.98 Å². The number of hydrogen-bond acceptors (Lipinski definition) is 4. The van der Waals surface area contributed by atoms with E-state index in [-0.39, 0.29) is 12.0 Å². The maximum atomic E-state index is 11.9. The van der Waals surface area contributed by atoms with Gasteiger partial charge in [-0.1, -0.05) is 37.3 Å². The number of anilines is 1. The number of carbonyl (C=O) groups excluding carboxylic acids is 1. The Balaban J connectivity index is 1.57. The van der Waals surface area contributed by atoms with Crippen molar-refractivity contribution < 1.29 is 9.53 Å². The fraction of sp³-hybridized carbons (Fsp3) is 0.400. The first-order chi connectivity index (χ1) is 12.3. The summed E-state index contributed by atoms with van der Waals surface area (Å²) in [7, 11) is 0. The molecule has 3 rings (SSSR count). The molecule has 2 atom stereocenters. The highest BCUT2D eigenvalue weighted by atomic mass is 16.5. The van der Waals surface area contributed by atoms with Crippen molar-refractivity contribution in [1.82, 2.24) is 10.3 Å². The molecular formula is C20H25N3O2. The van der Waals surface area contributed by atoms with Crippen LogP contribution in [0.5, 0.6) is 0 Å². The zero-order valence-corrected chi connectivity index (χ0v) is 14.6. The molecule has 1 aliphatic heterocycles. The number of amides is 1. The molecule has 1 fully saturated rings. The van der Waals surface area contributed by atoms with Crippen molar-refractivity contribution in [3.63, 3.8) is 0 Å². The predicted octanol–water partition coefficient (Wildman–Crippen LogP) is 3.55. The van der Waals surface area contributed by atoms with E-state index in [0.717, 1.165) is 31.7 Å². The molecular weight excluding hydrogens is 314 g/mol. The number of nitrogens with one attached hydrogen (secondary N) is 2. The van der Waals surface area contributed by atoms with Crippen LogP contribution in [0.1, 0.15) is 48.2 Å². The first-order valence-corrected chi connectivity index (χ1v) is 8.93. The lowest BCUT2D eigenvalue weighted by atomic mass is 9.97. The summed E-state index contributed by atoms with van der Waals surface area (Å²) < 4.78 is 5.91. The van der Waals surface area contributed by atoms with Crippen LogP contribution in [-0.2, 0) is 4.74 Å². The van der Waals surface area contributed by atoms with Crippen molar-refractivity contribution >= 4 is 11.7 Å². The molecule has 1 saturated heterocycles. The molecule has 2 aromatic rings. The van der Waals surface area contributed by atoms with Crippen molar-refractivity contribution in [3.8, 4) is 0 Å². The van der Waals surface area contributed by atoms with Crippen molar-refractivity contribution in [2.45, 2.75) is 38.3 Å². The van der Waals surface area contributed by atoms with Gasteiger partial charge in [0.1, 0.15) is 5.82 Å². The SMILES string of the molecule is CCCNC(=O)c1ccc(NC2CCOC(c3ccccc3)C2)nc1. The van der Waals surface area contributed by atoms with Crippen molar-refractivity contribution in [1.29, 1.82) is 0 Å². The normalized spacial score (nSPS) is 20.0. The molecule has 2 N–H and O–H groups in total. The Bertz CT molecular complexity index is 673. The zero-order chi connectivity index (χ0) is 17.5. The summed E-state index contributed by atoms with van der Waals surface area (Å²) in [5.41, 5.74) is 1.80. The summed E-state index contributed by atoms with van der Waals surface area (Å²) >= 11 is 0. The van der Waals surface area contributed by atoms with Crippen LogP contribution in [0.4, 0.5) is 5.82 Å². The molecule has 0 bridgehead atoms. The highest BCUT2D eigenvalue weighted by Gasteiger charge is 2.24. The van der Waals surface area contributed by atoms with E-state index in [4.69, 9.17) is 4.74 Å². The van der Waals surface area contributed by atoms with E-state index in [0.29, 0.717) is 18.2 Å². The van der Waals surface area contributed by atoms with E-state index in [1.807, 2.05) is 37.3 Å². The fourth-order valence-corrected chi connectivity index (χ4v) is 2.99. The quantitative estimate of drug-likeness (QED) is 0.845. The molecule has 25 heavy (non-hydrogen) atoms. The fourth-order valence-electron chi connectivity index (χ4n) is 2.99. The van der Waals surface area contributed by atoms with Gasteiger partial charge in [-0.3, -0.25) is 4.79 Å². The molecule has 1 aromatic heterocycles. The molecule has 0 spiro atoms. The monoisotopic (exact) mass is 339 g/mol. The van der Waals surface area contributed by atoms with Gasteiger partial charge in [0, 0.05) is 25.4 Å². The number of benzene rings is 1. The molecule has 1 amide bonds. The number of hydrogen-bond donors (Lipinski definition) is 2. The van der Waals surface area contributed by atoms with Crippen LogP contribution < -0.4 is 10.6 Å². The first-order valence-electron chi connectivity index (χ1n) is 8.93. The van der Waals surface area contributed by atoms with Crippen LogP contribution in [0.3, 0.4) is 0 Å². The van der Waals surface area contributed by atoms with Crippen LogP contribution in [0.15, 0.2) is 48.7 Å². The van der Waals surface area contributed by atoms with Gasteiger partial charge in [-0.15, -0.1) is 0 Å². The Morgan fingerprint density at radius 1 is 1.24 bits per heavy atom. The Morgan fingerprint density at radius 2 is 2.08 bits per heavy atom. The number of ether oxygens (including phenoxy) is 1. The van der Waals surface area contributed by atoms with Gasteiger partial charge in [0.25, 0.3) is 5.91 Å². The van der Waals surface area contributed by atoms with Crippen LogP contribution in [0.2, 0.25) is 0 Å². The zero-order valence-electron chi connectivity index (χ0n) is 14.6. The molecule has 132 valence electrons. The first kappa shape index (κ1) is 17.4. The van der Waals surface area contributed by atoms with Gasteiger partial charge in [0.2, 0.25) is 0 Å². The number of aromatic nitrogens is 1. The second-order valence-corrected chi connectivity index (χ2v) is 6.32. The van der Waals surface area contributed by atoms with Crippen molar-refractivity contribution in [2.24, 2.45) is 0 Å². The Hall–Kier alpha value is -2.40. The van der Waals surface area contributed by atoms with Gasteiger partial charge >= 0.3 is 0 Å². The third-order valence-corrected chi connectivity index (χ3v) is 4.37. The highest BCUT2D eigenvalue weighted by Crippen LogP contribution is 2.29. The third kappa shape index (κ3) is 4.79. The summed E-state index contributed by atoms with van der Waals surface area (Å²) in [6.45, 7) is 3.44. The van der Waals surface area contributed by atoms with Crippen molar-refractivity contribution in [2.75, 3.05) is 18.5 Å². The standard InChI is InChI=1S/C20H25N3O2/c1-2-11-21-20(24)16-8-9-19(22-14-16)23-17-10-12-25-18(13-17)15-6-4-3-5-7-15/h3-9,14,17-18H,2,10-13H2,1H3,(H,21,24)(H,22,23). The summed E-state index contributed by atoms with van der Waals surface area (Å²) in [5, 5.41) is 6.32.